The molecular formula is C23H34N4OS. The van der Waals surface area contributed by atoms with Crippen LogP contribution in [0.2, 0.25) is 0 Å². The Bertz CT molecular complexity index is 724. The van der Waals surface area contributed by atoms with Crippen LogP contribution >= 0.6 is 12.2 Å². The lowest BCUT2D eigenvalue weighted by molar-refractivity contribution is 0.134. The summed E-state index contributed by atoms with van der Waals surface area (Å²) in [7, 11) is 0. The predicted octanol–water partition coefficient (Wildman–Crippen LogP) is 4.07. The second-order valence-corrected chi connectivity index (χ2v) is 8.00. The fraction of sp³-hybridized carbons (Fsp3) is 0.522. The number of furan rings is 1. The number of aryl methyl sites for hydroxylation is 1. The molecule has 2 aromatic rings. The molecule has 0 bridgehead atoms. The summed E-state index contributed by atoms with van der Waals surface area (Å²) in [4.78, 5) is 7.30. The van der Waals surface area contributed by atoms with Crippen LogP contribution in [-0.2, 0) is 13.0 Å². The monoisotopic (exact) mass is 414 g/mol. The van der Waals surface area contributed by atoms with Crippen molar-refractivity contribution in [3.63, 3.8) is 0 Å². The molecule has 0 amide bonds. The van der Waals surface area contributed by atoms with Crippen molar-refractivity contribution in [1.82, 2.24) is 14.7 Å². The van der Waals surface area contributed by atoms with Gasteiger partial charge in [0.1, 0.15) is 5.76 Å². The highest BCUT2D eigenvalue weighted by atomic mass is 32.1. The number of likely N-dealkylation sites (N-methyl/N-ethyl adjacent to an activating group) is 1. The summed E-state index contributed by atoms with van der Waals surface area (Å²) in [5, 5.41) is 4.15. The van der Waals surface area contributed by atoms with Crippen LogP contribution in [-0.4, -0.2) is 65.6 Å². The lowest BCUT2D eigenvalue weighted by Crippen LogP contribution is -2.46. The molecule has 1 saturated heterocycles. The van der Waals surface area contributed by atoms with E-state index in [0.717, 1.165) is 49.0 Å². The van der Waals surface area contributed by atoms with Crippen LogP contribution in [0.25, 0.3) is 0 Å². The molecule has 0 saturated carbocycles. The summed E-state index contributed by atoms with van der Waals surface area (Å²) >= 11 is 5.75. The third-order valence-electron chi connectivity index (χ3n) is 5.64. The molecule has 0 atom stereocenters. The van der Waals surface area contributed by atoms with Gasteiger partial charge in [-0.05, 0) is 68.0 Å². The van der Waals surface area contributed by atoms with Gasteiger partial charge in [0.2, 0.25) is 0 Å². The van der Waals surface area contributed by atoms with E-state index in [-0.39, 0.29) is 0 Å². The second kappa shape index (κ2) is 11.3. The van der Waals surface area contributed by atoms with E-state index in [4.69, 9.17) is 16.6 Å². The van der Waals surface area contributed by atoms with Crippen molar-refractivity contribution in [2.45, 2.75) is 33.2 Å². The van der Waals surface area contributed by atoms with E-state index in [1.165, 1.54) is 31.7 Å². The number of anilines is 1. The van der Waals surface area contributed by atoms with Gasteiger partial charge in [0.25, 0.3) is 0 Å². The van der Waals surface area contributed by atoms with Crippen LogP contribution in [0.4, 0.5) is 5.69 Å². The van der Waals surface area contributed by atoms with E-state index in [1.807, 2.05) is 12.1 Å². The van der Waals surface area contributed by atoms with Gasteiger partial charge in [-0.15, -0.1) is 0 Å². The molecule has 0 radical (unpaired) electrons. The van der Waals surface area contributed by atoms with Crippen molar-refractivity contribution in [2.75, 3.05) is 51.1 Å². The predicted molar refractivity (Wildman–Crippen MR) is 124 cm³/mol. The summed E-state index contributed by atoms with van der Waals surface area (Å²) in [5.74, 6) is 0.937. The average Bonchev–Trinajstić information content (AvgIpc) is 3.27. The number of hydrogen-bond acceptors (Lipinski definition) is 4. The van der Waals surface area contributed by atoms with Crippen LogP contribution in [0.5, 0.6) is 0 Å². The fourth-order valence-corrected chi connectivity index (χ4v) is 3.96. The highest BCUT2D eigenvalue weighted by Crippen LogP contribution is 2.14. The molecule has 1 aliphatic rings. The highest BCUT2D eigenvalue weighted by Gasteiger charge is 2.17. The maximum Gasteiger partial charge on any atom is 0.173 e. The number of piperazine rings is 1. The molecule has 0 spiro atoms. The number of benzene rings is 1. The van der Waals surface area contributed by atoms with Gasteiger partial charge >= 0.3 is 0 Å². The molecule has 158 valence electrons. The van der Waals surface area contributed by atoms with E-state index in [2.05, 4.69) is 58.1 Å². The van der Waals surface area contributed by atoms with Gasteiger partial charge in [0.15, 0.2) is 5.11 Å². The van der Waals surface area contributed by atoms with Crippen molar-refractivity contribution in [1.29, 1.82) is 0 Å². The molecule has 5 nitrogen and oxygen atoms in total. The molecule has 1 aromatic heterocycles. The molecule has 1 fully saturated rings. The molecule has 0 unspecified atom stereocenters. The molecule has 1 N–H and O–H groups in total. The minimum absolute atomic E-state index is 0.690. The Balaban J connectivity index is 1.53. The Kier molecular flexibility index (Phi) is 8.52. The lowest BCUT2D eigenvalue weighted by atomic mass is 10.1. The normalized spacial score (nSPS) is 15.4. The van der Waals surface area contributed by atoms with Crippen LogP contribution in [0, 0.1) is 0 Å². The van der Waals surface area contributed by atoms with Crippen LogP contribution in [0.1, 0.15) is 31.6 Å². The van der Waals surface area contributed by atoms with Gasteiger partial charge < -0.3 is 24.4 Å². The Morgan fingerprint density at radius 3 is 2.41 bits per heavy atom. The zero-order valence-electron chi connectivity index (χ0n) is 17.8. The number of hydrogen-bond donors (Lipinski definition) is 1. The Morgan fingerprint density at radius 1 is 1.07 bits per heavy atom. The second-order valence-electron chi connectivity index (χ2n) is 7.61. The molecular weight excluding hydrogens is 380 g/mol. The smallest absolute Gasteiger partial charge is 0.173 e. The first kappa shape index (κ1) is 21.8. The zero-order valence-corrected chi connectivity index (χ0v) is 18.6. The molecule has 29 heavy (non-hydrogen) atoms. The largest absolute Gasteiger partial charge is 0.467 e. The number of thiocarbonyl (C=S) groups is 1. The van der Waals surface area contributed by atoms with Crippen molar-refractivity contribution in [2.24, 2.45) is 0 Å². The van der Waals surface area contributed by atoms with Crippen molar-refractivity contribution in [3.8, 4) is 0 Å². The zero-order chi connectivity index (χ0) is 20.5. The van der Waals surface area contributed by atoms with Gasteiger partial charge in [-0.3, -0.25) is 0 Å². The van der Waals surface area contributed by atoms with E-state index < -0.39 is 0 Å². The summed E-state index contributed by atoms with van der Waals surface area (Å²) in [6.07, 6.45) is 3.85. The first-order valence-electron chi connectivity index (χ1n) is 10.8. The number of rotatable bonds is 9. The third kappa shape index (κ3) is 6.84. The van der Waals surface area contributed by atoms with Crippen LogP contribution in [0.3, 0.4) is 0 Å². The molecule has 1 aromatic carbocycles. The highest BCUT2D eigenvalue weighted by molar-refractivity contribution is 7.80. The lowest BCUT2D eigenvalue weighted by Gasteiger charge is -2.34. The van der Waals surface area contributed by atoms with Crippen LogP contribution in [0.15, 0.2) is 47.1 Å². The summed E-state index contributed by atoms with van der Waals surface area (Å²) in [5.41, 5.74) is 2.37. The topological polar surface area (TPSA) is 34.9 Å². The first-order chi connectivity index (χ1) is 14.2. The van der Waals surface area contributed by atoms with Crippen LogP contribution < -0.4 is 5.32 Å². The Hall–Kier alpha value is -1.89. The number of nitrogens with one attached hydrogen (secondary N) is 1. The average molecular weight is 415 g/mol. The maximum absolute atomic E-state index is 5.75. The molecule has 1 aliphatic heterocycles. The standard InChI is InChI=1S/C23H34N4OS/c1-3-20-8-10-21(11-9-20)24-23(29)27(19-22-7-5-18-28-22)13-6-12-26-16-14-25(4-2)15-17-26/h5,7-11,18H,3-4,6,12-17,19H2,1-2H3,(H,24,29). The fourth-order valence-electron chi connectivity index (χ4n) is 3.68. The molecule has 3 rings (SSSR count). The van der Waals surface area contributed by atoms with Gasteiger partial charge in [0, 0.05) is 38.4 Å². The minimum Gasteiger partial charge on any atom is -0.467 e. The molecule has 0 aliphatic carbocycles. The van der Waals surface area contributed by atoms with E-state index in [1.54, 1.807) is 6.26 Å². The maximum atomic E-state index is 5.75. The van der Waals surface area contributed by atoms with Gasteiger partial charge in [0.05, 0.1) is 12.8 Å². The minimum atomic E-state index is 0.690. The van der Waals surface area contributed by atoms with E-state index >= 15 is 0 Å². The molecule has 2 heterocycles. The quantitative estimate of drug-likeness (QED) is 0.623. The van der Waals surface area contributed by atoms with E-state index in [9.17, 15) is 0 Å². The Morgan fingerprint density at radius 2 is 1.79 bits per heavy atom. The summed E-state index contributed by atoms with van der Waals surface area (Å²) < 4.78 is 5.57. The number of nitrogens with zero attached hydrogens (tertiary/aromatic N) is 3. The third-order valence-corrected chi connectivity index (χ3v) is 6.00. The van der Waals surface area contributed by atoms with Crippen molar-refractivity contribution in [3.05, 3.63) is 54.0 Å². The Labute approximate surface area is 180 Å². The van der Waals surface area contributed by atoms with E-state index in [0.29, 0.717) is 6.54 Å². The SMILES string of the molecule is CCc1ccc(NC(=S)N(CCCN2CCN(CC)CC2)Cc2ccco2)cc1. The first-order valence-corrected chi connectivity index (χ1v) is 11.2. The molecule has 6 heteroatoms. The van der Waals surface area contributed by atoms with Gasteiger partial charge in [-0.1, -0.05) is 26.0 Å². The summed E-state index contributed by atoms with van der Waals surface area (Å²) in [6.45, 7) is 13.0. The van der Waals surface area contributed by atoms with Crippen molar-refractivity contribution < 1.29 is 4.42 Å². The van der Waals surface area contributed by atoms with Gasteiger partial charge in [-0.2, -0.15) is 0 Å². The van der Waals surface area contributed by atoms with Gasteiger partial charge in [-0.25, -0.2) is 0 Å². The van der Waals surface area contributed by atoms with Crippen molar-refractivity contribution >= 4 is 23.0 Å². The summed E-state index contributed by atoms with van der Waals surface area (Å²) in [6, 6.07) is 12.4.